The fraction of sp³-hybridized carbons (Fsp3) is 0.571. The summed E-state index contributed by atoms with van der Waals surface area (Å²) in [5.41, 5.74) is 0.855. The number of rotatable bonds is 9. The van der Waals surface area contributed by atoms with Gasteiger partial charge in [0.2, 0.25) is 0 Å². The Balaban J connectivity index is 2.17. The molecule has 4 heteroatoms. The van der Waals surface area contributed by atoms with Crippen molar-refractivity contribution in [3.05, 3.63) is 29.8 Å². The first-order chi connectivity index (χ1) is 8.74. The summed E-state index contributed by atoms with van der Waals surface area (Å²) in [5.74, 6) is 0.758. The Morgan fingerprint density at radius 2 is 2.00 bits per heavy atom. The lowest BCUT2D eigenvalue weighted by Crippen LogP contribution is -2.08. The van der Waals surface area contributed by atoms with Gasteiger partial charge in [-0.3, -0.25) is 0 Å². The van der Waals surface area contributed by atoms with Crippen molar-refractivity contribution in [2.24, 2.45) is 0 Å². The molecule has 0 fully saturated rings. The normalized spacial score (nSPS) is 12.4. The summed E-state index contributed by atoms with van der Waals surface area (Å²) in [7, 11) is 1.68. The van der Waals surface area contributed by atoms with Crippen molar-refractivity contribution in [3.63, 3.8) is 0 Å². The molecule has 0 heterocycles. The number of aliphatic hydroxyl groups excluding tert-OH is 1. The Bertz CT molecular complexity index is 325. The van der Waals surface area contributed by atoms with Gasteiger partial charge in [-0.2, -0.15) is 0 Å². The lowest BCUT2D eigenvalue weighted by Gasteiger charge is -2.09. The molecule has 4 nitrogen and oxygen atoms in total. The predicted molar refractivity (Wildman–Crippen MR) is 69.9 cm³/mol. The maximum atomic E-state index is 9.45. The van der Waals surface area contributed by atoms with Crippen LogP contribution in [0.5, 0.6) is 5.75 Å². The molecule has 102 valence electrons. The van der Waals surface area contributed by atoms with Crippen LogP contribution in [0.3, 0.4) is 0 Å². The van der Waals surface area contributed by atoms with E-state index in [-0.39, 0.29) is 0 Å². The standard InChI is InChI=1S/C14H22O4/c1-12(15)13-5-3-6-14(11-13)18-10-9-17-8-4-7-16-2/h3,5-6,11-12,15H,4,7-10H2,1-2H3/t12-/m1/s1. The molecule has 1 N–H and O–H groups in total. The second kappa shape index (κ2) is 8.91. The van der Waals surface area contributed by atoms with Crippen molar-refractivity contribution in [2.45, 2.75) is 19.4 Å². The number of hydrogen-bond acceptors (Lipinski definition) is 4. The van der Waals surface area contributed by atoms with Crippen LogP contribution in [-0.4, -0.2) is 38.6 Å². The maximum Gasteiger partial charge on any atom is 0.119 e. The van der Waals surface area contributed by atoms with Crippen molar-refractivity contribution in [2.75, 3.05) is 33.5 Å². The zero-order valence-corrected chi connectivity index (χ0v) is 11.1. The van der Waals surface area contributed by atoms with Gasteiger partial charge >= 0.3 is 0 Å². The van der Waals surface area contributed by atoms with Gasteiger partial charge in [0.25, 0.3) is 0 Å². The van der Waals surface area contributed by atoms with E-state index in [0.717, 1.165) is 24.3 Å². The Hall–Kier alpha value is -1.10. The van der Waals surface area contributed by atoms with E-state index in [1.54, 1.807) is 14.0 Å². The highest BCUT2D eigenvalue weighted by atomic mass is 16.5. The van der Waals surface area contributed by atoms with Crippen molar-refractivity contribution in [1.82, 2.24) is 0 Å². The molecular formula is C14H22O4. The first-order valence-corrected chi connectivity index (χ1v) is 6.21. The average Bonchev–Trinajstić information content (AvgIpc) is 2.38. The minimum Gasteiger partial charge on any atom is -0.491 e. The molecule has 0 saturated heterocycles. The van der Waals surface area contributed by atoms with Crippen molar-refractivity contribution in [1.29, 1.82) is 0 Å². The fourth-order valence-corrected chi connectivity index (χ4v) is 1.49. The molecule has 0 unspecified atom stereocenters. The quantitative estimate of drug-likeness (QED) is 0.686. The highest BCUT2D eigenvalue weighted by Crippen LogP contribution is 2.18. The minimum absolute atomic E-state index is 0.473. The lowest BCUT2D eigenvalue weighted by molar-refractivity contribution is 0.0805. The smallest absolute Gasteiger partial charge is 0.119 e. The van der Waals surface area contributed by atoms with Gasteiger partial charge in [0, 0.05) is 20.3 Å². The zero-order chi connectivity index (χ0) is 13.2. The minimum atomic E-state index is -0.473. The van der Waals surface area contributed by atoms with Gasteiger partial charge in [0.15, 0.2) is 0 Å². The first-order valence-electron chi connectivity index (χ1n) is 6.21. The molecule has 0 aliphatic rings. The third-order valence-corrected chi connectivity index (χ3v) is 2.47. The van der Waals surface area contributed by atoms with E-state index in [1.165, 1.54) is 0 Å². The zero-order valence-electron chi connectivity index (χ0n) is 11.1. The molecule has 1 aromatic rings. The molecule has 1 atom stereocenters. The molecule has 1 rings (SSSR count). The second-order valence-electron chi connectivity index (χ2n) is 4.06. The largest absolute Gasteiger partial charge is 0.491 e. The van der Waals surface area contributed by atoms with Crippen LogP contribution in [0, 0.1) is 0 Å². The molecule has 0 saturated carbocycles. The van der Waals surface area contributed by atoms with Gasteiger partial charge in [-0.05, 0) is 31.0 Å². The second-order valence-corrected chi connectivity index (χ2v) is 4.06. The Morgan fingerprint density at radius 3 is 2.72 bits per heavy atom. The molecule has 0 bridgehead atoms. The molecule has 0 aliphatic carbocycles. The van der Waals surface area contributed by atoms with Crippen LogP contribution in [0.1, 0.15) is 25.0 Å². The fourth-order valence-electron chi connectivity index (χ4n) is 1.49. The first kappa shape index (κ1) is 15.0. The van der Waals surface area contributed by atoms with Crippen LogP contribution in [0.25, 0.3) is 0 Å². The molecule has 0 amide bonds. The Kier molecular flexibility index (Phi) is 7.41. The van der Waals surface area contributed by atoms with E-state index in [9.17, 15) is 5.11 Å². The van der Waals surface area contributed by atoms with Gasteiger partial charge in [-0.1, -0.05) is 12.1 Å². The number of hydrogen-bond donors (Lipinski definition) is 1. The summed E-state index contributed by atoms with van der Waals surface area (Å²) in [4.78, 5) is 0. The third-order valence-electron chi connectivity index (χ3n) is 2.47. The van der Waals surface area contributed by atoms with Gasteiger partial charge < -0.3 is 19.3 Å². The summed E-state index contributed by atoms with van der Waals surface area (Å²) in [6.07, 6.45) is 0.424. The summed E-state index contributed by atoms with van der Waals surface area (Å²) >= 11 is 0. The number of benzene rings is 1. The van der Waals surface area contributed by atoms with Gasteiger partial charge in [-0.15, -0.1) is 0 Å². The van der Waals surface area contributed by atoms with Crippen LogP contribution >= 0.6 is 0 Å². The molecule has 18 heavy (non-hydrogen) atoms. The lowest BCUT2D eigenvalue weighted by atomic mass is 10.1. The molecule has 0 aromatic heterocycles. The van der Waals surface area contributed by atoms with Crippen LogP contribution in [0.2, 0.25) is 0 Å². The van der Waals surface area contributed by atoms with Crippen LogP contribution in [0.15, 0.2) is 24.3 Å². The van der Waals surface area contributed by atoms with E-state index in [4.69, 9.17) is 14.2 Å². The third kappa shape index (κ3) is 6.00. The van der Waals surface area contributed by atoms with Crippen LogP contribution in [-0.2, 0) is 9.47 Å². The summed E-state index contributed by atoms with van der Waals surface area (Å²) in [5, 5.41) is 9.45. The van der Waals surface area contributed by atoms with Gasteiger partial charge in [-0.25, -0.2) is 0 Å². The van der Waals surface area contributed by atoms with Crippen molar-refractivity contribution < 1.29 is 19.3 Å². The summed E-state index contributed by atoms with van der Waals surface area (Å²) in [6, 6.07) is 7.46. The van der Waals surface area contributed by atoms with E-state index < -0.39 is 6.10 Å². The Morgan fingerprint density at radius 1 is 1.17 bits per heavy atom. The van der Waals surface area contributed by atoms with Crippen LogP contribution in [0.4, 0.5) is 0 Å². The molecule has 0 spiro atoms. The highest BCUT2D eigenvalue weighted by molar-refractivity contribution is 5.29. The van der Waals surface area contributed by atoms with Crippen molar-refractivity contribution in [3.8, 4) is 5.75 Å². The van der Waals surface area contributed by atoms with Gasteiger partial charge in [0.1, 0.15) is 12.4 Å². The molecule has 1 aromatic carbocycles. The van der Waals surface area contributed by atoms with Crippen LogP contribution < -0.4 is 4.74 Å². The predicted octanol–water partition coefficient (Wildman–Crippen LogP) is 2.17. The Labute approximate surface area is 108 Å². The van der Waals surface area contributed by atoms with Gasteiger partial charge in [0.05, 0.1) is 12.7 Å². The SMILES string of the molecule is COCCCOCCOc1cccc([C@@H](C)O)c1. The number of aliphatic hydroxyl groups is 1. The number of methoxy groups -OCH3 is 1. The van der Waals surface area contributed by atoms with E-state index in [1.807, 2.05) is 24.3 Å². The van der Waals surface area contributed by atoms with E-state index >= 15 is 0 Å². The summed E-state index contributed by atoms with van der Waals surface area (Å²) in [6.45, 7) is 4.21. The van der Waals surface area contributed by atoms with E-state index in [0.29, 0.717) is 19.8 Å². The number of ether oxygens (including phenoxy) is 3. The van der Waals surface area contributed by atoms with E-state index in [2.05, 4.69) is 0 Å². The highest BCUT2D eigenvalue weighted by Gasteiger charge is 2.01. The summed E-state index contributed by atoms with van der Waals surface area (Å²) < 4.78 is 15.8. The monoisotopic (exact) mass is 254 g/mol. The molecule has 0 radical (unpaired) electrons. The molecule has 0 aliphatic heterocycles. The molecular weight excluding hydrogens is 232 g/mol. The maximum absolute atomic E-state index is 9.45. The average molecular weight is 254 g/mol. The topological polar surface area (TPSA) is 47.9 Å². The van der Waals surface area contributed by atoms with Crippen molar-refractivity contribution >= 4 is 0 Å².